The number of hydrogen-bond acceptors (Lipinski definition) is 12. The summed E-state index contributed by atoms with van der Waals surface area (Å²) in [7, 11) is 0.859. The summed E-state index contributed by atoms with van der Waals surface area (Å²) in [5.74, 6) is 0.622. The van der Waals surface area contributed by atoms with E-state index in [1.807, 2.05) is 108 Å². The fourth-order valence-electron chi connectivity index (χ4n) is 11.3. The number of alkyl halides is 1. The first-order valence-corrected chi connectivity index (χ1v) is 45.3. The molecule has 0 spiro atoms. The molecule has 7 rings (SSSR count). The number of hydrogen-bond donors (Lipinski definition) is 0. The van der Waals surface area contributed by atoms with Crippen LogP contribution < -0.4 is 13.9 Å². The first kappa shape index (κ1) is 82.0. The molecule has 528 valence electrons. The summed E-state index contributed by atoms with van der Waals surface area (Å²) in [6, 6.07) is 36.7. The maximum atomic E-state index is 13.1. The molecule has 5 aromatic carbocycles. The van der Waals surface area contributed by atoms with E-state index in [0.717, 1.165) is 97.1 Å². The predicted octanol–water partition coefficient (Wildman–Crippen LogP) is 18.8. The predicted molar refractivity (Wildman–Crippen MR) is 409 cm³/mol. The average molecular weight is 1530 g/mol. The molecule has 2 heterocycles. The van der Waals surface area contributed by atoms with Gasteiger partial charge in [0, 0.05) is 24.3 Å². The first-order chi connectivity index (χ1) is 45.3. The number of aryl methyl sites for hydroxylation is 4. The minimum atomic E-state index is -1.29. The molecule has 12 nitrogen and oxygen atoms in total. The van der Waals surface area contributed by atoms with E-state index >= 15 is 0 Å². The van der Waals surface area contributed by atoms with E-state index in [1.165, 1.54) is 10.0 Å². The zero-order valence-corrected chi connectivity index (χ0v) is 67.4. The maximum absolute atomic E-state index is 13.1. The zero-order valence-electron chi connectivity index (χ0n) is 61.6. The second-order valence-electron chi connectivity index (χ2n) is 29.0. The van der Waals surface area contributed by atoms with Crippen LogP contribution in [0.1, 0.15) is 146 Å². The quantitative estimate of drug-likeness (QED) is 0.0134. The summed E-state index contributed by atoms with van der Waals surface area (Å²) in [4.78, 5) is 25.8. The van der Waals surface area contributed by atoms with Crippen LogP contribution in [0.5, 0.6) is 11.5 Å². The second-order valence-corrected chi connectivity index (χ2v) is 43.6. The number of rotatable bonds is 32. The fraction of sp³-hybridized carbons (Fsp3) is 0.525. The Kier molecular flexibility index (Phi) is 34.1. The number of methoxy groups -OCH3 is 2. The van der Waals surface area contributed by atoms with Crippen molar-refractivity contribution in [2.75, 3.05) is 31.9 Å². The third-order valence-electron chi connectivity index (χ3n) is 16.5. The van der Waals surface area contributed by atoms with Gasteiger partial charge in [0.1, 0.15) is 11.5 Å². The molecule has 96 heavy (non-hydrogen) atoms. The third kappa shape index (κ3) is 29.6. The van der Waals surface area contributed by atoms with Crippen LogP contribution in [0.25, 0.3) is 6.08 Å². The van der Waals surface area contributed by atoms with E-state index in [4.69, 9.17) is 47.4 Å². The van der Waals surface area contributed by atoms with Crippen molar-refractivity contribution < 1.29 is 57.0 Å². The standard InChI is InChI=1S/C37H54O6Si.C22H33IO4.C21H28O2SeSi/c1-26-23-28(3)34(36(38)40-21-22-44(8,9)10)31(24-26)15-12-16-33-35(43-37(5,6)42-33)27(2)13-11-14-29(4)41-25-30-17-19-32(39-7)20-18-30;1-16(21-20(13-14-23)26-22(3,4)27-21)7-6-8-17(2)25-15-18-9-11-19(24-5)12-10-18;1-16-13-17(2)20(21(22)23-11-12-25(3,4)5)18(14-16)15-24-19-9-7-6-8-10-19/h11-13,15,17-20,23-24,27,29,33,35H,14,16,21-22,25H2,1-10H3;6-7,9-12,16-17,20-21H,8,13-15H2,1-5H3;6-10,13-14H,11-12,15H2,1-5H3/b13-11-,15-12+;7-6-;/t27?,29-,33?,35?;16?,17-,20?,21?;/m10./s1. The van der Waals surface area contributed by atoms with Crippen LogP contribution >= 0.6 is 22.6 Å². The van der Waals surface area contributed by atoms with Crippen molar-refractivity contribution >= 4 is 76.2 Å². The second kappa shape index (κ2) is 39.9. The van der Waals surface area contributed by atoms with Crippen LogP contribution in [0, 0.1) is 39.5 Å². The Labute approximate surface area is 600 Å². The summed E-state index contributed by atoms with van der Waals surface area (Å²) in [6.45, 7) is 40.6. The van der Waals surface area contributed by atoms with Crippen molar-refractivity contribution in [2.24, 2.45) is 11.8 Å². The van der Waals surface area contributed by atoms with Gasteiger partial charge in [-0.15, -0.1) is 0 Å². The van der Waals surface area contributed by atoms with Crippen LogP contribution in [0.2, 0.25) is 51.4 Å². The van der Waals surface area contributed by atoms with E-state index in [2.05, 4.69) is 176 Å². The molecule has 0 radical (unpaired) electrons. The third-order valence-corrected chi connectivity index (χ3v) is 22.8. The Hall–Kier alpha value is -4.70. The van der Waals surface area contributed by atoms with Crippen molar-refractivity contribution in [3.63, 3.8) is 0 Å². The molecule has 0 saturated carbocycles. The van der Waals surface area contributed by atoms with Gasteiger partial charge in [0.05, 0.1) is 76.2 Å². The molecule has 2 aliphatic heterocycles. The molecule has 0 aliphatic carbocycles. The number of halogens is 1. The van der Waals surface area contributed by atoms with Crippen molar-refractivity contribution in [1.82, 2.24) is 0 Å². The number of benzene rings is 5. The molecule has 2 aliphatic rings. The van der Waals surface area contributed by atoms with Crippen LogP contribution in [-0.2, 0) is 56.4 Å². The van der Waals surface area contributed by atoms with E-state index in [9.17, 15) is 9.59 Å². The monoisotopic (exact) mass is 1530 g/mol. The van der Waals surface area contributed by atoms with Gasteiger partial charge in [-0.25, -0.2) is 4.79 Å². The summed E-state index contributed by atoms with van der Waals surface area (Å²) >= 11 is 2.71. The van der Waals surface area contributed by atoms with Crippen molar-refractivity contribution in [1.29, 1.82) is 0 Å². The topological polar surface area (TPSA) is 126 Å². The Balaban J connectivity index is 0.000000276. The molecule has 0 bridgehead atoms. The summed E-state index contributed by atoms with van der Waals surface area (Å²) in [6.07, 6.45) is 16.7. The molecule has 6 unspecified atom stereocenters. The molecule has 0 aromatic heterocycles. The summed E-state index contributed by atoms with van der Waals surface area (Å²) in [5.41, 5.74) is 9.97. The van der Waals surface area contributed by atoms with Crippen molar-refractivity contribution in [3.8, 4) is 11.5 Å². The number of esters is 2. The van der Waals surface area contributed by atoms with Gasteiger partial charge in [0.2, 0.25) is 0 Å². The summed E-state index contributed by atoms with van der Waals surface area (Å²) < 4.78 is 61.1. The normalized spacial score (nSPS) is 18.9. The van der Waals surface area contributed by atoms with Gasteiger partial charge in [-0.05, 0) is 134 Å². The molecule has 2 fully saturated rings. The SMILES string of the molecule is COc1ccc(CO[C@@H](C)C/C=C\C(C)C2OC(C)(C)OC2CCI)cc1.COc1ccc(CO[C@H](C)C/C=C\C(C)C2OC(C)(C)OC2C/C=C/c2cc(C)cc(C)c2C(=O)OCC[Si](C)(C)C)cc1.Cc1cc(C)c(C(=O)OCC[Si](C)(C)C)c(C[Se]c2ccccc2)c1. The zero-order chi connectivity index (χ0) is 70.8. The van der Waals surface area contributed by atoms with Gasteiger partial charge in [0.15, 0.2) is 11.6 Å². The van der Waals surface area contributed by atoms with Crippen LogP contribution in [0.3, 0.4) is 0 Å². The Morgan fingerprint density at radius 1 is 0.583 bits per heavy atom. The first-order valence-electron chi connectivity index (χ1n) is 34.3. The average Bonchev–Trinajstić information content (AvgIpc) is 1.81. The van der Waals surface area contributed by atoms with E-state index in [1.54, 1.807) is 14.2 Å². The van der Waals surface area contributed by atoms with Gasteiger partial charge < -0.3 is 42.6 Å². The van der Waals surface area contributed by atoms with Crippen LogP contribution in [-0.4, -0.2) is 123 Å². The van der Waals surface area contributed by atoms with Crippen molar-refractivity contribution in [2.45, 2.75) is 227 Å². The Bertz CT molecular complexity index is 3250. The minimum absolute atomic E-state index is 0.0886. The fourth-order valence-corrected chi connectivity index (χ4v) is 15.2. The number of carbonyl (C=O) groups is 2. The van der Waals surface area contributed by atoms with Gasteiger partial charge in [0.25, 0.3) is 0 Å². The van der Waals surface area contributed by atoms with Gasteiger partial charge in [-0.1, -0.05) is 134 Å². The molecule has 0 N–H and O–H groups in total. The number of carbonyl (C=O) groups excluding carboxylic acids is 2. The molecule has 5 aromatic rings. The van der Waals surface area contributed by atoms with Gasteiger partial charge in [-0.3, -0.25) is 0 Å². The molecule has 0 amide bonds. The van der Waals surface area contributed by atoms with Crippen LogP contribution in [0.15, 0.2) is 134 Å². The molecule has 2 saturated heterocycles. The molecule has 16 heteroatoms. The molecular formula is C80H115IO12SeSi2. The number of ether oxygens (including phenoxy) is 10. The van der Waals surface area contributed by atoms with E-state index < -0.39 is 27.7 Å². The molecular weight excluding hydrogens is 1410 g/mol. The van der Waals surface area contributed by atoms with Crippen molar-refractivity contribution in [3.05, 3.63) is 189 Å². The Morgan fingerprint density at radius 2 is 1.03 bits per heavy atom. The van der Waals surface area contributed by atoms with E-state index in [0.29, 0.717) is 59.3 Å². The van der Waals surface area contributed by atoms with E-state index in [-0.39, 0.29) is 54.5 Å². The molecule has 8 atom stereocenters. The van der Waals surface area contributed by atoms with Crippen LogP contribution in [0.4, 0.5) is 0 Å². The Morgan fingerprint density at radius 3 is 1.50 bits per heavy atom. The van der Waals surface area contributed by atoms with Gasteiger partial charge in [-0.2, -0.15) is 0 Å². The summed E-state index contributed by atoms with van der Waals surface area (Å²) in [5, 5.41) is 0.915. The van der Waals surface area contributed by atoms with Gasteiger partial charge >= 0.3 is 165 Å².